The third-order valence-corrected chi connectivity index (χ3v) is 3.38. The summed E-state index contributed by atoms with van der Waals surface area (Å²) in [5.74, 6) is -0.150. The predicted octanol–water partition coefficient (Wildman–Crippen LogP) is 3.02. The van der Waals surface area contributed by atoms with Crippen LogP contribution in [0.4, 0.5) is 5.69 Å². The second kappa shape index (κ2) is 4.58. The molecule has 0 heterocycles. The molecule has 3 nitrogen and oxygen atoms in total. The molecule has 1 N–H and O–H groups in total. The van der Waals surface area contributed by atoms with Gasteiger partial charge in [0.25, 0.3) is 0 Å². The summed E-state index contributed by atoms with van der Waals surface area (Å²) in [7, 11) is 0. The number of carbonyl (C=O) groups is 1. The normalized spacial score (nSPS) is 17.4. The number of nitrogens with zero attached hydrogens (tertiary/aromatic N) is 1. The van der Waals surface area contributed by atoms with Gasteiger partial charge in [-0.25, -0.2) is 0 Å². The first kappa shape index (κ1) is 11.7. The van der Waals surface area contributed by atoms with E-state index < -0.39 is 5.41 Å². The summed E-state index contributed by atoms with van der Waals surface area (Å²) in [5, 5.41) is 12.1. The number of aryl methyl sites for hydroxylation is 1. The average Bonchev–Trinajstić information content (AvgIpc) is 2.78. The molecule has 0 aliphatic heterocycles. The van der Waals surface area contributed by atoms with E-state index in [1.54, 1.807) is 0 Å². The summed E-state index contributed by atoms with van der Waals surface area (Å²) >= 11 is 0. The van der Waals surface area contributed by atoms with Crippen molar-refractivity contribution in [1.82, 2.24) is 0 Å². The second-order valence-electron chi connectivity index (χ2n) is 4.72. The Hall–Kier alpha value is -1.82. The Kier molecular flexibility index (Phi) is 3.14. The van der Waals surface area contributed by atoms with E-state index in [-0.39, 0.29) is 5.91 Å². The Balaban J connectivity index is 2.14. The summed E-state index contributed by atoms with van der Waals surface area (Å²) in [6.07, 6.45) is 3.30. The van der Waals surface area contributed by atoms with Crippen molar-refractivity contribution in [2.45, 2.75) is 32.6 Å². The molecule has 0 unspecified atom stereocenters. The molecule has 0 atom stereocenters. The number of nitriles is 1. The van der Waals surface area contributed by atoms with Gasteiger partial charge < -0.3 is 5.32 Å². The lowest BCUT2D eigenvalue weighted by molar-refractivity contribution is -0.122. The molecule has 0 radical (unpaired) electrons. The van der Waals surface area contributed by atoms with E-state index in [1.807, 2.05) is 31.2 Å². The monoisotopic (exact) mass is 228 g/mol. The van der Waals surface area contributed by atoms with Gasteiger partial charge >= 0.3 is 0 Å². The third kappa shape index (κ3) is 2.31. The summed E-state index contributed by atoms with van der Waals surface area (Å²) in [5.41, 5.74) is 1.07. The van der Waals surface area contributed by atoms with Gasteiger partial charge in [0.15, 0.2) is 0 Å². The van der Waals surface area contributed by atoms with Crippen LogP contribution in [0.1, 0.15) is 31.2 Å². The Bertz CT molecular complexity index is 467. The largest absolute Gasteiger partial charge is 0.325 e. The van der Waals surface area contributed by atoms with Crippen molar-refractivity contribution in [3.8, 4) is 6.07 Å². The van der Waals surface area contributed by atoms with E-state index in [0.29, 0.717) is 12.8 Å². The molecule has 0 saturated heterocycles. The maximum absolute atomic E-state index is 12.1. The van der Waals surface area contributed by atoms with Crippen LogP contribution in [0.2, 0.25) is 0 Å². The van der Waals surface area contributed by atoms with Crippen LogP contribution in [0, 0.1) is 23.7 Å². The van der Waals surface area contributed by atoms with Gasteiger partial charge in [0.05, 0.1) is 6.07 Å². The lowest BCUT2D eigenvalue weighted by atomic mass is 9.87. The molecule has 1 aromatic rings. The smallest absolute Gasteiger partial charge is 0.244 e. The van der Waals surface area contributed by atoms with Crippen molar-refractivity contribution in [2.75, 3.05) is 5.32 Å². The number of benzene rings is 1. The van der Waals surface area contributed by atoms with Crippen LogP contribution >= 0.6 is 0 Å². The molecule has 0 bridgehead atoms. The van der Waals surface area contributed by atoms with Gasteiger partial charge in [0.2, 0.25) is 5.91 Å². The zero-order valence-electron chi connectivity index (χ0n) is 9.99. The van der Waals surface area contributed by atoms with Crippen molar-refractivity contribution < 1.29 is 4.79 Å². The first-order valence-corrected chi connectivity index (χ1v) is 5.96. The van der Waals surface area contributed by atoms with Crippen molar-refractivity contribution in [3.63, 3.8) is 0 Å². The van der Waals surface area contributed by atoms with E-state index in [1.165, 1.54) is 0 Å². The van der Waals surface area contributed by atoms with Gasteiger partial charge in [-0.2, -0.15) is 5.26 Å². The van der Waals surface area contributed by atoms with E-state index in [2.05, 4.69) is 11.4 Å². The van der Waals surface area contributed by atoms with Crippen LogP contribution in [-0.4, -0.2) is 5.91 Å². The van der Waals surface area contributed by atoms with Crippen LogP contribution in [0.3, 0.4) is 0 Å². The van der Waals surface area contributed by atoms with E-state index in [0.717, 1.165) is 24.1 Å². The Morgan fingerprint density at radius 3 is 2.71 bits per heavy atom. The van der Waals surface area contributed by atoms with Crippen molar-refractivity contribution >= 4 is 11.6 Å². The van der Waals surface area contributed by atoms with Crippen molar-refractivity contribution in [2.24, 2.45) is 5.41 Å². The number of rotatable bonds is 2. The zero-order valence-corrected chi connectivity index (χ0v) is 9.99. The highest BCUT2D eigenvalue weighted by Crippen LogP contribution is 2.38. The van der Waals surface area contributed by atoms with Gasteiger partial charge in [-0.1, -0.05) is 25.0 Å². The Morgan fingerprint density at radius 2 is 2.12 bits per heavy atom. The first-order valence-electron chi connectivity index (χ1n) is 5.96. The fraction of sp³-hybridized carbons (Fsp3) is 0.429. The van der Waals surface area contributed by atoms with Crippen LogP contribution in [0.15, 0.2) is 24.3 Å². The minimum atomic E-state index is -0.802. The molecule has 88 valence electrons. The summed E-state index contributed by atoms with van der Waals surface area (Å²) in [6.45, 7) is 1.98. The van der Waals surface area contributed by atoms with Crippen LogP contribution in [-0.2, 0) is 4.79 Å². The fourth-order valence-corrected chi connectivity index (χ4v) is 2.34. The molecule has 1 saturated carbocycles. The van der Waals surface area contributed by atoms with Gasteiger partial charge in [0, 0.05) is 5.69 Å². The molecule has 1 aliphatic carbocycles. The molecule has 17 heavy (non-hydrogen) atoms. The van der Waals surface area contributed by atoms with Gasteiger partial charge in [-0.15, -0.1) is 0 Å². The number of hydrogen-bond donors (Lipinski definition) is 1. The number of amides is 1. The molecule has 1 fully saturated rings. The van der Waals surface area contributed by atoms with Crippen molar-refractivity contribution in [1.29, 1.82) is 5.26 Å². The third-order valence-electron chi connectivity index (χ3n) is 3.38. The van der Waals surface area contributed by atoms with Gasteiger partial charge in [-0.3, -0.25) is 4.79 Å². The highest BCUT2D eigenvalue weighted by molar-refractivity contribution is 5.97. The summed E-state index contributed by atoms with van der Waals surface area (Å²) in [4.78, 5) is 12.1. The molecule has 3 heteroatoms. The first-order chi connectivity index (χ1) is 8.16. The van der Waals surface area contributed by atoms with Crippen LogP contribution in [0.25, 0.3) is 0 Å². The van der Waals surface area contributed by atoms with Crippen LogP contribution in [0.5, 0.6) is 0 Å². The van der Waals surface area contributed by atoms with E-state index >= 15 is 0 Å². The second-order valence-corrected chi connectivity index (χ2v) is 4.72. The standard InChI is InChI=1S/C14H16N2O/c1-11-5-4-6-12(9-11)16-13(17)14(10-15)7-2-3-8-14/h4-6,9H,2-3,7-8H2,1H3,(H,16,17). The molecule has 1 aliphatic rings. The van der Waals surface area contributed by atoms with Gasteiger partial charge in [0.1, 0.15) is 5.41 Å². The quantitative estimate of drug-likeness (QED) is 0.845. The molecular formula is C14H16N2O. The van der Waals surface area contributed by atoms with Crippen molar-refractivity contribution in [3.05, 3.63) is 29.8 Å². The minimum Gasteiger partial charge on any atom is -0.325 e. The number of nitrogens with one attached hydrogen (secondary N) is 1. The SMILES string of the molecule is Cc1cccc(NC(=O)C2(C#N)CCCC2)c1. The summed E-state index contributed by atoms with van der Waals surface area (Å²) in [6, 6.07) is 9.85. The summed E-state index contributed by atoms with van der Waals surface area (Å²) < 4.78 is 0. The molecule has 0 aromatic heterocycles. The number of hydrogen-bond acceptors (Lipinski definition) is 2. The fourth-order valence-electron chi connectivity index (χ4n) is 2.34. The Morgan fingerprint density at radius 1 is 1.41 bits per heavy atom. The van der Waals surface area contributed by atoms with Crippen LogP contribution < -0.4 is 5.32 Å². The highest BCUT2D eigenvalue weighted by atomic mass is 16.2. The maximum Gasteiger partial charge on any atom is 0.244 e. The minimum absolute atomic E-state index is 0.150. The molecule has 0 spiro atoms. The lowest BCUT2D eigenvalue weighted by Crippen LogP contribution is -2.32. The maximum atomic E-state index is 12.1. The molecular weight excluding hydrogens is 212 g/mol. The number of carbonyl (C=O) groups excluding carboxylic acids is 1. The lowest BCUT2D eigenvalue weighted by Gasteiger charge is -2.19. The Labute approximate surface area is 101 Å². The number of anilines is 1. The topological polar surface area (TPSA) is 52.9 Å². The average molecular weight is 228 g/mol. The molecule has 2 rings (SSSR count). The zero-order chi connectivity index (χ0) is 12.3. The van der Waals surface area contributed by atoms with E-state index in [9.17, 15) is 10.1 Å². The molecule has 1 aromatic carbocycles. The van der Waals surface area contributed by atoms with Gasteiger partial charge in [-0.05, 0) is 37.5 Å². The molecule has 1 amide bonds. The highest BCUT2D eigenvalue weighted by Gasteiger charge is 2.41. The van der Waals surface area contributed by atoms with E-state index in [4.69, 9.17) is 0 Å². The predicted molar refractivity (Wildman–Crippen MR) is 66.3 cm³/mol.